The fourth-order valence-corrected chi connectivity index (χ4v) is 7.67. The second-order valence-corrected chi connectivity index (χ2v) is 17.7. The van der Waals surface area contributed by atoms with Gasteiger partial charge < -0.3 is 24.1 Å². The van der Waals surface area contributed by atoms with Gasteiger partial charge in [0.1, 0.15) is 23.0 Å². The van der Waals surface area contributed by atoms with Crippen LogP contribution in [0.2, 0.25) is 0 Å². The van der Waals surface area contributed by atoms with E-state index in [9.17, 15) is 13.5 Å². The topological polar surface area (TPSA) is 124 Å². The Hall–Kier alpha value is -6.35. The fourth-order valence-electron chi connectivity index (χ4n) is 6.90. The van der Waals surface area contributed by atoms with Crippen molar-refractivity contribution < 1.29 is 36.7 Å². The predicted octanol–water partition coefficient (Wildman–Crippen LogP) is 13.4. The van der Waals surface area contributed by atoms with Crippen LogP contribution in [0.3, 0.4) is 0 Å². The first-order valence-electron chi connectivity index (χ1n) is 21.0. The molecule has 11 heteroatoms. The van der Waals surface area contributed by atoms with E-state index in [0.29, 0.717) is 0 Å². The number of halogens is 1. The van der Waals surface area contributed by atoms with E-state index in [1.165, 1.54) is 10.8 Å². The van der Waals surface area contributed by atoms with Gasteiger partial charge >= 0.3 is 0 Å². The zero-order valence-electron chi connectivity index (χ0n) is 38.2. The van der Waals surface area contributed by atoms with E-state index in [0.717, 1.165) is 83.8 Å². The summed E-state index contributed by atoms with van der Waals surface area (Å²) in [6, 6.07) is 49.9. The van der Waals surface area contributed by atoms with Crippen LogP contribution in [-0.4, -0.2) is 48.2 Å². The minimum atomic E-state index is -3.46. The summed E-state index contributed by atoms with van der Waals surface area (Å²) < 4.78 is 47.9. The number of benzene rings is 8. The van der Waals surface area contributed by atoms with Crippen LogP contribution in [0.15, 0.2) is 146 Å². The van der Waals surface area contributed by atoms with Crippen LogP contribution < -0.4 is 18.9 Å². The molecule has 1 N–H and O–H groups in total. The van der Waals surface area contributed by atoms with Crippen LogP contribution in [0.25, 0.3) is 43.1 Å². The minimum Gasteiger partial charge on any atom is -0.497 e. The number of hydrogen-bond donors (Lipinski definition) is 1. The van der Waals surface area contributed by atoms with Crippen molar-refractivity contribution in [3.05, 3.63) is 168 Å². The number of hydrogen-bond acceptors (Lipinski definition) is 9. The summed E-state index contributed by atoms with van der Waals surface area (Å²) in [7, 11) is 3.16. The van der Waals surface area contributed by atoms with E-state index in [4.69, 9.17) is 40.0 Å². The maximum absolute atomic E-state index is 11.1. The van der Waals surface area contributed by atoms with Gasteiger partial charge in [0, 0.05) is 0 Å². The molecule has 0 aromatic heterocycles. The molecule has 0 radical (unpaired) electrons. The number of methoxy groups -OCH3 is 4. The Kier molecular flexibility index (Phi) is 17.6. The molecule has 0 bridgehead atoms. The van der Waals surface area contributed by atoms with Crippen LogP contribution in [0.1, 0.15) is 73.5 Å². The standard InChI is InChI=1S/C14H13NO.C14H16O4S.C13H13ClO.C13H14O2/c1-10(9-15)11-3-4-13-8-14(16-2)6-5-12(13)7-11;1-10(18-19(3,15)16)11-4-5-13-9-14(17-2)7-6-12(13)8-11;2*1-9(14)10-3-4-12-8-13(15-2)6-5-11(12)7-10/h3-8,10H,1-2H3;4-10H,1-3H3;3-9H,1-2H3;3-9,14H,1-2H3/t2*10-;2*9-/m0010/s1. The van der Waals surface area contributed by atoms with Crippen molar-refractivity contribution in [2.24, 2.45) is 0 Å². The lowest BCUT2D eigenvalue weighted by Crippen LogP contribution is -2.07. The third-order valence-corrected chi connectivity index (χ3v) is 11.6. The molecule has 8 rings (SSSR count). The first-order valence-corrected chi connectivity index (χ1v) is 23.2. The lowest BCUT2D eigenvalue weighted by molar-refractivity contribution is 0.199. The lowest BCUT2D eigenvalue weighted by atomic mass is 9.99. The molecule has 0 saturated heterocycles. The Morgan fingerprint density at radius 3 is 1.11 bits per heavy atom. The summed E-state index contributed by atoms with van der Waals surface area (Å²) in [5.41, 5.74) is 3.96. The summed E-state index contributed by atoms with van der Waals surface area (Å²) in [5, 5.41) is 27.3. The Bertz CT molecular complexity index is 2930. The number of nitriles is 1. The van der Waals surface area contributed by atoms with Gasteiger partial charge in [-0.2, -0.15) is 13.7 Å². The van der Waals surface area contributed by atoms with Gasteiger partial charge in [0.25, 0.3) is 10.1 Å². The molecule has 0 aliphatic rings. The summed E-state index contributed by atoms with van der Waals surface area (Å²) in [5.74, 6) is 3.32. The summed E-state index contributed by atoms with van der Waals surface area (Å²) in [4.78, 5) is 0. The largest absolute Gasteiger partial charge is 0.497 e. The van der Waals surface area contributed by atoms with E-state index in [1.807, 2.05) is 129 Å². The minimum absolute atomic E-state index is 0.0523. The molecular formula is C54H56ClNO8S. The maximum atomic E-state index is 11.1. The third kappa shape index (κ3) is 14.1. The highest BCUT2D eigenvalue weighted by atomic mass is 35.5. The number of fused-ring (bicyclic) bond motifs is 4. The van der Waals surface area contributed by atoms with Gasteiger partial charge in [-0.15, -0.1) is 11.6 Å². The molecule has 0 amide bonds. The quantitative estimate of drug-likeness (QED) is 0.105. The first kappa shape index (κ1) is 49.7. The predicted molar refractivity (Wildman–Crippen MR) is 265 cm³/mol. The smallest absolute Gasteiger partial charge is 0.264 e. The van der Waals surface area contributed by atoms with Crippen LogP contribution >= 0.6 is 11.6 Å². The summed E-state index contributed by atoms with van der Waals surface area (Å²) in [6.07, 6.45) is 0.132. The third-order valence-electron chi connectivity index (χ3n) is 10.7. The molecule has 338 valence electrons. The van der Waals surface area contributed by atoms with Gasteiger partial charge in [-0.05, 0) is 166 Å². The van der Waals surface area contributed by atoms with E-state index < -0.39 is 22.3 Å². The van der Waals surface area contributed by atoms with Gasteiger partial charge in [-0.25, -0.2) is 0 Å². The zero-order valence-corrected chi connectivity index (χ0v) is 39.8. The monoisotopic (exact) mass is 913 g/mol. The van der Waals surface area contributed by atoms with Gasteiger partial charge in [0.2, 0.25) is 0 Å². The van der Waals surface area contributed by atoms with Crippen molar-refractivity contribution in [3.63, 3.8) is 0 Å². The number of aliphatic hydroxyl groups is 1. The van der Waals surface area contributed by atoms with Gasteiger partial charge in [0.05, 0.1) is 64.3 Å². The lowest BCUT2D eigenvalue weighted by Gasteiger charge is -2.12. The molecule has 0 spiro atoms. The van der Waals surface area contributed by atoms with Crippen molar-refractivity contribution in [1.29, 1.82) is 5.26 Å². The molecule has 8 aromatic carbocycles. The van der Waals surface area contributed by atoms with Crippen molar-refractivity contribution in [2.75, 3.05) is 34.7 Å². The molecule has 0 heterocycles. The van der Waals surface area contributed by atoms with Crippen molar-refractivity contribution in [3.8, 4) is 29.1 Å². The Balaban J connectivity index is 0.000000163. The second kappa shape index (κ2) is 23.0. The SMILES string of the molecule is COc1ccc2cc([C@@H](C)C#N)ccc2c1.COc1ccc2cc([C@@H](C)Cl)ccc2c1.COc1ccc2cc([C@H](C)O)ccc2c1.COc1ccc2cc([C@H](C)OS(C)(=O)=O)ccc2c1. The molecule has 8 aromatic rings. The molecule has 4 atom stereocenters. The number of nitrogens with zero attached hydrogens (tertiary/aromatic N) is 1. The Labute approximate surface area is 387 Å². The molecule has 0 aliphatic heterocycles. The van der Waals surface area contributed by atoms with Crippen LogP contribution in [-0.2, 0) is 14.3 Å². The Morgan fingerprint density at radius 1 is 0.477 bits per heavy atom. The maximum Gasteiger partial charge on any atom is 0.264 e. The Morgan fingerprint density at radius 2 is 0.769 bits per heavy atom. The van der Waals surface area contributed by atoms with Gasteiger partial charge in [-0.3, -0.25) is 4.18 Å². The van der Waals surface area contributed by atoms with Crippen LogP contribution in [0.4, 0.5) is 0 Å². The summed E-state index contributed by atoms with van der Waals surface area (Å²) in [6.45, 7) is 7.37. The van der Waals surface area contributed by atoms with E-state index in [2.05, 4.69) is 36.4 Å². The van der Waals surface area contributed by atoms with Gasteiger partial charge in [-0.1, -0.05) is 72.8 Å². The summed E-state index contributed by atoms with van der Waals surface area (Å²) >= 11 is 6.04. The number of aliphatic hydroxyl groups excluding tert-OH is 1. The average Bonchev–Trinajstić information content (AvgIpc) is 3.32. The van der Waals surface area contributed by atoms with Crippen molar-refractivity contribution in [2.45, 2.75) is 51.2 Å². The fraction of sp³-hybridized carbons (Fsp3) is 0.241. The van der Waals surface area contributed by atoms with E-state index in [-0.39, 0.29) is 11.3 Å². The van der Waals surface area contributed by atoms with Gasteiger partial charge in [0.15, 0.2) is 0 Å². The van der Waals surface area contributed by atoms with E-state index >= 15 is 0 Å². The molecule has 0 saturated carbocycles. The molecule has 0 aliphatic carbocycles. The normalized spacial score (nSPS) is 12.8. The zero-order chi connectivity index (χ0) is 47.3. The van der Waals surface area contributed by atoms with Crippen molar-refractivity contribution >= 4 is 64.8 Å². The average molecular weight is 915 g/mol. The second-order valence-electron chi connectivity index (χ2n) is 15.5. The van der Waals surface area contributed by atoms with Crippen molar-refractivity contribution in [1.82, 2.24) is 0 Å². The number of alkyl halides is 1. The highest BCUT2D eigenvalue weighted by molar-refractivity contribution is 7.86. The van der Waals surface area contributed by atoms with E-state index in [1.54, 1.807) is 42.3 Å². The molecule has 0 fully saturated rings. The number of ether oxygens (including phenoxy) is 4. The molecular weight excluding hydrogens is 858 g/mol. The van der Waals surface area contributed by atoms with Crippen LogP contribution in [0.5, 0.6) is 23.0 Å². The highest BCUT2D eigenvalue weighted by Crippen LogP contribution is 2.29. The molecule has 9 nitrogen and oxygen atoms in total. The molecule has 65 heavy (non-hydrogen) atoms. The first-order chi connectivity index (χ1) is 31.0. The van der Waals surface area contributed by atoms with Crippen LogP contribution in [0, 0.1) is 11.3 Å². The number of rotatable bonds is 10. The highest BCUT2D eigenvalue weighted by Gasteiger charge is 2.13. The molecule has 0 unspecified atom stereocenters.